The zero-order valence-corrected chi connectivity index (χ0v) is 56.1. The zero-order valence-electron chi connectivity index (χ0n) is 54.5. The van der Waals surface area contributed by atoms with E-state index in [9.17, 15) is 0 Å². The number of benzene rings is 12. The van der Waals surface area contributed by atoms with Gasteiger partial charge < -0.3 is 9.80 Å². The Kier molecular flexibility index (Phi) is 13.0. The second-order valence-corrected chi connectivity index (χ2v) is 30.3. The van der Waals surface area contributed by atoms with Gasteiger partial charge in [0.2, 0.25) is 0 Å². The normalized spacial score (nSPS) is 14.5. The first-order valence-electron chi connectivity index (χ1n) is 32.8. The molecule has 17 rings (SSSR count). The molecule has 0 radical (unpaired) electrons. The third kappa shape index (κ3) is 9.31. The van der Waals surface area contributed by atoms with Crippen molar-refractivity contribution in [3.8, 4) is 33.4 Å². The molecule has 0 N–H and O–H groups in total. The van der Waals surface area contributed by atoms with Gasteiger partial charge in [-0.15, -0.1) is 22.7 Å². The molecule has 0 saturated heterocycles. The lowest BCUT2D eigenvalue weighted by atomic mass is 9.81. The molecule has 93 heavy (non-hydrogen) atoms. The molecule has 2 heterocycles. The first-order chi connectivity index (χ1) is 44.9. The van der Waals surface area contributed by atoms with Gasteiger partial charge in [-0.05, 0) is 236 Å². The maximum Gasteiger partial charge on any atom is 0.0468 e. The molecule has 0 spiro atoms. The van der Waals surface area contributed by atoms with E-state index in [0.29, 0.717) is 0 Å². The topological polar surface area (TPSA) is 6.48 Å². The van der Waals surface area contributed by atoms with Crippen molar-refractivity contribution in [2.75, 3.05) is 9.80 Å². The van der Waals surface area contributed by atoms with E-state index in [1.54, 1.807) is 0 Å². The highest BCUT2D eigenvalue weighted by Gasteiger charge is 2.39. The molecule has 0 saturated carbocycles. The smallest absolute Gasteiger partial charge is 0.0468 e. The van der Waals surface area contributed by atoms with Crippen LogP contribution in [-0.4, -0.2) is 0 Å². The molecular weight excluding hydrogens is 1160 g/mol. The number of fused-ring (bicyclic) bond motifs is 15. The van der Waals surface area contributed by atoms with Crippen LogP contribution < -0.4 is 9.80 Å². The number of hydrogen-bond donors (Lipinski definition) is 0. The molecule has 0 aliphatic heterocycles. The second-order valence-electron chi connectivity index (χ2n) is 28.1. The van der Waals surface area contributed by atoms with Gasteiger partial charge >= 0.3 is 0 Å². The predicted octanol–water partition coefficient (Wildman–Crippen LogP) is 25.9. The number of nitrogens with zero attached hydrogens (tertiary/aromatic N) is 2. The minimum absolute atomic E-state index is 0.166. The van der Waals surface area contributed by atoms with E-state index in [2.05, 4.69) is 334 Å². The van der Waals surface area contributed by atoms with E-state index >= 15 is 0 Å². The summed E-state index contributed by atoms with van der Waals surface area (Å²) in [4.78, 5) is 4.93. The maximum atomic E-state index is 2.46. The number of thiophene rings is 2. The molecule has 2 aromatic heterocycles. The largest absolute Gasteiger partial charge is 0.310 e. The lowest BCUT2D eigenvalue weighted by Gasteiger charge is -2.29. The lowest BCUT2D eigenvalue weighted by molar-refractivity contribution is 0.660. The maximum absolute atomic E-state index is 2.46. The fourth-order valence-corrected chi connectivity index (χ4v) is 18.3. The predicted molar refractivity (Wildman–Crippen MR) is 404 cm³/mol. The van der Waals surface area contributed by atoms with Crippen LogP contribution in [0, 0.1) is 27.7 Å². The van der Waals surface area contributed by atoms with Gasteiger partial charge in [-0.25, -0.2) is 0 Å². The van der Waals surface area contributed by atoms with E-state index in [0.717, 1.165) is 0 Å². The number of hydrogen-bond acceptors (Lipinski definition) is 4. The molecule has 0 fully saturated rings. The zero-order chi connectivity index (χ0) is 63.4. The molecule has 4 heteroatoms. The van der Waals surface area contributed by atoms with Crippen LogP contribution in [0.2, 0.25) is 0 Å². The van der Waals surface area contributed by atoms with Crippen LogP contribution in [0.15, 0.2) is 231 Å². The summed E-state index contributed by atoms with van der Waals surface area (Å²) in [5, 5.41) is 5.23. The van der Waals surface area contributed by atoms with Crippen LogP contribution in [0.1, 0.15) is 119 Å². The van der Waals surface area contributed by atoms with Gasteiger partial charge in [-0.2, -0.15) is 0 Å². The highest BCUT2D eigenvalue weighted by atomic mass is 32.1. The fraction of sp³-hybridized carbons (Fsp3) is 0.146. The lowest BCUT2D eigenvalue weighted by Crippen LogP contribution is -2.17. The molecule has 12 aromatic carbocycles. The van der Waals surface area contributed by atoms with E-state index in [-0.39, 0.29) is 16.2 Å². The summed E-state index contributed by atoms with van der Waals surface area (Å²) in [7, 11) is 0. The van der Waals surface area contributed by atoms with Crippen molar-refractivity contribution in [3.05, 3.63) is 308 Å². The molecule has 2 nitrogen and oxygen atoms in total. The Bertz CT molecular complexity index is 5180. The number of anilines is 6. The monoisotopic (exact) mass is 1230 g/mol. The highest BCUT2D eigenvalue weighted by Crippen LogP contribution is 2.55. The van der Waals surface area contributed by atoms with Gasteiger partial charge in [0.1, 0.15) is 0 Å². The minimum Gasteiger partial charge on any atom is -0.310 e. The number of rotatable bonds is 10. The van der Waals surface area contributed by atoms with Gasteiger partial charge in [-0.1, -0.05) is 199 Å². The Morgan fingerprint density at radius 1 is 0.247 bits per heavy atom. The van der Waals surface area contributed by atoms with Crippen molar-refractivity contribution in [1.82, 2.24) is 0 Å². The Morgan fingerprint density at radius 3 is 0.849 bits per heavy atom. The summed E-state index contributed by atoms with van der Waals surface area (Å²) in [6.07, 6.45) is 9.23. The number of aryl methyl sites for hydroxylation is 4. The van der Waals surface area contributed by atoms with E-state index < -0.39 is 0 Å². The van der Waals surface area contributed by atoms with Crippen LogP contribution in [0.3, 0.4) is 0 Å². The molecule has 0 bridgehead atoms. The average molecular weight is 1230 g/mol. The van der Waals surface area contributed by atoms with Crippen molar-refractivity contribution in [3.63, 3.8) is 0 Å². The van der Waals surface area contributed by atoms with Crippen molar-refractivity contribution in [2.24, 2.45) is 0 Å². The quantitative estimate of drug-likeness (QED) is 0.126. The van der Waals surface area contributed by atoms with Gasteiger partial charge in [0.05, 0.1) is 0 Å². The third-order valence-corrected chi connectivity index (χ3v) is 23.0. The van der Waals surface area contributed by atoms with Gasteiger partial charge in [-0.3, -0.25) is 0 Å². The van der Waals surface area contributed by atoms with Crippen molar-refractivity contribution >= 4 is 121 Å². The van der Waals surface area contributed by atoms with Crippen LogP contribution in [-0.2, 0) is 16.2 Å². The van der Waals surface area contributed by atoms with Gasteiger partial charge in [0, 0.05) is 90.7 Å². The molecule has 3 aliphatic carbocycles. The average Bonchev–Trinajstić information content (AvgIpc) is 1.61. The van der Waals surface area contributed by atoms with Crippen LogP contribution in [0.25, 0.3) is 98.0 Å². The summed E-state index contributed by atoms with van der Waals surface area (Å²) >= 11 is 3.74. The molecular formula is C89H72N2S2. The standard InChI is InChI=1S/C89H72N2S2/c1-53-39-54(2)42-65(41-53)90(61-29-37-85-75(49-61)73-15-11-13-17-83(73)92-85)63-27-35-71-69-33-25-59(47-79(69)88(7,8)81(71)51-63)21-19-57-23-31-67-68-32-24-58(46-78(68)87(5,6)77(67)45-57)20-22-60-26-34-70-72-36-28-64(52-82(72)89(9,10)80(70)48-60)91(66-43-55(3)40-56(4)44-66)62-30-38-86-76(50-62)74-16-12-14-18-84(74)93-86/h11-52H,1-10H3/b21-19+,22-20+. The summed E-state index contributed by atoms with van der Waals surface area (Å²) < 4.78 is 5.27. The van der Waals surface area contributed by atoms with Crippen molar-refractivity contribution in [2.45, 2.75) is 85.5 Å². The van der Waals surface area contributed by atoms with Gasteiger partial charge in [0.25, 0.3) is 0 Å². The Hall–Kier alpha value is -9.84. The Morgan fingerprint density at radius 2 is 0.516 bits per heavy atom. The molecule has 14 aromatic rings. The molecule has 0 unspecified atom stereocenters. The third-order valence-electron chi connectivity index (χ3n) is 20.7. The van der Waals surface area contributed by atoms with Gasteiger partial charge in [0.15, 0.2) is 0 Å². The molecule has 0 atom stereocenters. The van der Waals surface area contributed by atoms with E-state index in [1.807, 2.05) is 22.7 Å². The Balaban J connectivity index is 0.619. The molecule has 3 aliphatic rings. The first kappa shape index (κ1) is 57.1. The SMILES string of the molecule is Cc1cc(C)cc(N(c2ccc3c(c2)C(C)(C)c2cc(/C=C/c4ccc5c(c4)C(C)(C)c4cc(/C=C/c6ccc7c(c6)C(C)(C)c6cc(N(c8cc(C)cc(C)c8)c8ccc9sc%10ccccc%10c9c8)ccc6-7)ccc4-5)ccc2-3)c2ccc3sc4ccccc4c3c2)c1. The van der Waals surface area contributed by atoms with Crippen LogP contribution >= 0.6 is 22.7 Å². The summed E-state index contributed by atoms with van der Waals surface area (Å²) in [5.74, 6) is 0. The first-order valence-corrected chi connectivity index (χ1v) is 34.4. The Labute approximate surface area is 554 Å². The van der Waals surface area contributed by atoms with Crippen LogP contribution in [0.5, 0.6) is 0 Å². The second kappa shape index (κ2) is 21.1. The summed E-state index contributed by atoms with van der Waals surface area (Å²) in [6.45, 7) is 23.2. The highest BCUT2D eigenvalue weighted by molar-refractivity contribution is 7.26. The van der Waals surface area contributed by atoms with Crippen molar-refractivity contribution in [1.29, 1.82) is 0 Å². The van der Waals surface area contributed by atoms with Crippen molar-refractivity contribution < 1.29 is 0 Å². The van der Waals surface area contributed by atoms with E-state index in [1.165, 1.54) is 186 Å². The van der Waals surface area contributed by atoms with Crippen LogP contribution in [0.4, 0.5) is 34.1 Å². The minimum atomic E-state index is -0.205. The molecule has 0 amide bonds. The van der Waals surface area contributed by atoms with E-state index in [4.69, 9.17) is 0 Å². The summed E-state index contributed by atoms with van der Waals surface area (Å²) in [5.41, 5.74) is 32.4. The summed E-state index contributed by atoms with van der Waals surface area (Å²) in [6, 6.07) is 88.0. The fourth-order valence-electron chi connectivity index (χ4n) is 16.1. The molecule has 450 valence electrons.